The van der Waals surface area contributed by atoms with Gasteiger partial charge in [0, 0.05) is 0 Å². The lowest BCUT2D eigenvalue weighted by Gasteiger charge is -2.13. The van der Waals surface area contributed by atoms with Crippen LogP contribution in [0.4, 0.5) is 4.79 Å². The fraction of sp³-hybridized carbons (Fsp3) is 0.154. The van der Waals surface area contributed by atoms with Gasteiger partial charge in [-0.2, -0.15) is 0 Å². The summed E-state index contributed by atoms with van der Waals surface area (Å²) in [5.74, 6) is 0.930. The molecule has 0 radical (unpaired) electrons. The largest absolute Gasteiger partial charge is 0.490 e. The van der Waals surface area contributed by atoms with E-state index in [1.165, 1.54) is 10.5 Å². The summed E-state index contributed by atoms with van der Waals surface area (Å²) >= 11 is 6.99. The predicted molar refractivity (Wildman–Crippen MR) is 132 cm³/mol. The lowest BCUT2D eigenvalue weighted by Crippen LogP contribution is -2.32. The van der Waals surface area contributed by atoms with Crippen molar-refractivity contribution in [1.82, 2.24) is 4.90 Å². The fourth-order valence-corrected chi connectivity index (χ4v) is 4.30. The van der Waals surface area contributed by atoms with Gasteiger partial charge in [0.15, 0.2) is 0 Å². The van der Waals surface area contributed by atoms with E-state index in [-0.39, 0.29) is 24.3 Å². The van der Waals surface area contributed by atoms with Crippen molar-refractivity contribution in [3.8, 4) is 11.5 Å². The molecule has 5 nitrogen and oxygen atoms in total. The highest BCUT2D eigenvalue weighted by atomic mass is 35.5. The third kappa shape index (κ3) is 5.78. The average molecular weight is 480 g/mol. The third-order valence-corrected chi connectivity index (χ3v) is 6.34. The number of ether oxygens (including phenoxy) is 2. The maximum atomic E-state index is 12.7. The number of aryl methyl sites for hydroxylation is 1. The van der Waals surface area contributed by atoms with Crippen LogP contribution in [0.2, 0.25) is 5.02 Å². The maximum Gasteiger partial charge on any atom is 0.293 e. The van der Waals surface area contributed by atoms with Crippen LogP contribution in [0.25, 0.3) is 6.08 Å². The molecule has 1 saturated heterocycles. The molecule has 4 rings (SSSR count). The molecule has 168 valence electrons. The van der Waals surface area contributed by atoms with E-state index >= 15 is 0 Å². The van der Waals surface area contributed by atoms with E-state index in [4.69, 9.17) is 21.1 Å². The minimum Gasteiger partial charge on any atom is -0.490 e. The molecule has 0 aromatic heterocycles. The van der Waals surface area contributed by atoms with Crippen LogP contribution in [0.1, 0.15) is 16.7 Å². The first kappa shape index (κ1) is 23.0. The molecule has 0 unspecified atom stereocenters. The van der Waals surface area contributed by atoms with Gasteiger partial charge in [-0.15, -0.1) is 0 Å². The molecule has 1 fully saturated rings. The van der Waals surface area contributed by atoms with E-state index in [0.29, 0.717) is 22.3 Å². The number of para-hydroxylation sites is 1. The molecule has 0 N–H and O–H groups in total. The number of thioether (sulfide) groups is 1. The maximum absolute atomic E-state index is 12.7. The normalized spacial score (nSPS) is 14.7. The first-order valence-corrected chi connectivity index (χ1v) is 11.6. The predicted octanol–water partition coefficient (Wildman–Crippen LogP) is 6.34. The number of benzene rings is 3. The molecule has 0 spiro atoms. The Labute approximate surface area is 202 Å². The molecule has 0 atom stereocenters. The van der Waals surface area contributed by atoms with Crippen molar-refractivity contribution in [3.05, 3.63) is 99.4 Å². The molecule has 33 heavy (non-hydrogen) atoms. The molecule has 3 aromatic carbocycles. The van der Waals surface area contributed by atoms with Gasteiger partial charge in [-0.05, 0) is 65.7 Å². The summed E-state index contributed by atoms with van der Waals surface area (Å²) in [6, 6.07) is 22.6. The summed E-state index contributed by atoms with van der Waals surface area (Å²) in [5.41, 5.74) is 3.13. The van der Waals surface area contributed by atoms with Gasteiger partial charge in [0.05, 0.1) is 16.5 Å². The van der Waals surface area contributed by atoms with E-state index in [9.17, 15) is 9.59 Å². The zero-order valence-corrected chi connectivity index (χ0v) is 19.6. The zero-order chi connectivity index (χ0) is 23.2. The first-order chi connectivity index (χ1) is 16.0. The number of amides is 2. The minimum absolute atomic E-state index is 0.152. The molecule has 1 aliphatic rings. The molecule has 0 bridgehead atoms. The van der Waals surface area contributed by atoms with Gasteiger partial charge in [-0.25, -0.2) is 0 Å². The molecule has 0 aliphatic carbocycles. The number of imide groups is 1. The number of carbonyl (C=O) groups excluding carboxylic acids is 2. The second kappa shape index (κ2) is 10.6. The summed E-state index contributed by atoms with van der Waals surface area (Å²) in [5, 5.41) is 0.171. The van der Waals surface area contributed by atoms with Crippen molar-refractivity contribution in [2.75, 3.05) is 13.2 Å². The van der Waals surface area contributed by atoms with Crippen LogP contribution in [-0.2, 0) is 11.4 Å². The summed E-state index contributed by atoms with van der Waals surface area (Å²) in [4.78, 5) is 26.6. The number of hydrogen-bond donors (Lipinski definition) is 0. The van der Waals surface area contributed by atoms with Crippen molar-refractivity contribution in [2.45, 2.75) is 13.5 Å². The lowest BCUT2D eigenvalue weighted by atomic mass is 10.1. The number of rotatable bonds is 8. The summed E-state index contributed by atoms with van der Waals surface area (Å²) in [6.07, 6.45) is 1.71. The number of hydrogen-bond acceptors (Lipinski definition) is 5. The highest BCUT2D eigenvalue weighted by Gasteiger charge is 2.34. The van der Waals surface area contributed by atoms with Gasteiger partial charge >= 0.3 is 0 Å². The SMILES string of the molecule is Cc1ccccc1COc1ccc(/C=C2\SC(=O)N(CCOc3ccccc3Cl)C2=O)cc1. The highest BCUT2D eigenvalue weighted by Crippen LogP contribution is 2.32. The van der Waals surface area contributed by atoms with Crippen LogP contribution < -0.4 is 9.47 Å². The summed E-state index contributed by atoms with van der Waals surface area (Å²) in [6.45, 7) is 2.86. The van der Waals surface area contributed by atoms with E-state index < -0.39 is 0 Å². The van der Waals surface area contributed by atoms with Crippen molar-refractivity contribution in [1.29, 1.82) is 0 Å². The van der Waals surface area contributed by atoms with Crippen LogP contribution in [0.3, 0.4) is 0 Å². The Morgan fingerprint density at radius 3 is 2.42 bits per heavy atom. The second-order valence-corrected chi connectivity index (χ2v) is 8.80. The molecule has 1 heterocycles. The van der Waals surface area contributed by atoms with Crippen molar-refractivity contribution in [3.63, 3.8) is 0 Å². The van der Waals surface area contributed by atoms with Crippen LogP contribution in [0, 0.1) is 6.92 Å². The van der Waals surface area contributed by atoms with E-state index in [1.54, 1.807) is 24.3 Å². The molecule has 3 aromatic rings. The van der Waals surface area contributed by atoms with Crippen LogP contribution in [-0.4, -0.2) is 29.2 Å². The molecule has 1 aliphatic heterocycles. The minimum atomic E-state index is -0.326. The Morgan fingerprint density at radius 1 is 0.939 bits per heavy atom. The van der Waals surface area contributed by atoms with Crippen LogP contribution in [0.15, 0.2) is 77.7 Å². The second-order valence-electron chi connectivity index (χ2n) is 7.40. The van der Waals surface area contributed by atoms with Gasteiger partial charge in [0.2, 0.25) is 0 Å². The van der Waals surface area contributed by atoms with Gasteiger partial charge < -0.3 is 9.47 Å². The van der Waals surface area contributed by atoms with Gasteiger partial charge in [-0.1, -0.05) is 60.1 Å². The van der Waals surface area contributed by atoms with Crippen molar-refractivity contribution < 1.29 is 19.1 Å². The Morgan fingerprint density at radius 2 is 1.67 bits per heavy atom. The monoisotopic (exact) mass is 479 g/mol. The van der Waals surface area contributed by atoms with E-state index in [2.05, 4.69) is 13.0 Å². The Bertz CT molecular complexity index is 1190. The number of nitrogens with zero attached hydrogens (tertiary/aromatic N) is 1. The molecule has 7 heteroatoms. The zero-order valence-electron chi connectivity index (χ0n) is 18.0. The molecular weight excluding hydrogens is 458 g/mol. The smallest absolute Gasteiger partial charge is 0.293 e. The Kier molecular flexibility index (Phi) is 7.37. The van der Waals surface area contributed by atoms with Gasteiger partial charge in [-0.3, -0.25) is 14.5 Å². The topological polar surface area (TPSA) is 55.8 Å². The van der Waals surface area contributed by atoms with Crippen LogP contribution >= 0.6 is 23.4 Å². The van der Waals surface area contributed by atoms with Crippen LogP contribution in [0.5, 0.6) is 11.5 Å². The van der Waals surface area contributed by atoms with Crippen molar-refractivity contribution >= 4 is 40.6 Å². The number of carbonyl (C=O) groups is 2. The average Bonchev–Trinajstić information content (AvgIpc) is 3.08. The summed E-state index contributed by atoms with van der Waals surface area (Å²) in [7, 11) is 0. The Balaban J connectivity index is 1.34. The molecule has 2 amide bonds. The van der Waals surface area contributed by atoms with Crippen molar-refractivity contribution in [2.24, 2.45) is 0 Å². The van der Waals surface area contributed by atoms with Gasteiger partial charge in [0.1, 0.15) is 24.7 Å². The Hall–Kier alpha value is -3.22. The quantitative estimate of drug-likeness (QED) is 0.353. The molecular formula is C26H22ClNO4S. The summed E-state index contributed by atoms with van der Waals surface area (Å²) < 4.78 is 11.5. The number of halogens is 1. The van der Waals surface area contributed by atoms with E-state index in [1.807, 2.05) is 48.5 Å². The highest BCUT2D eigenvalue weighted by molar-refractivity contribution is 8.18. The third-order valence-electron chi connectivity index (χ3n) is 5.12. The van der Waals surface area contributed by atoms with Gasteiger partial charge in [0.25, 0.3) is 11.1 Å². The van der Waals surface area contributed by atoms with E-state index in [0.717, 1.165) is 28.6 Å². The standard InChI is InChI=1S/C26H22ClNO4S/c1-18-6-2-3-7-20(18)17-32-21-12-10-19(11-13-21)16-24-25(29)28(26(30)33-24)14-15-31-23-9-5-4-8-22(23)27/h2-13,16H,14-15,17H2,1H3/b24-16-. The lowest BCUT2D eigenvalue weighted by molar-refractivity contribution is -0.123. The molecule has 0 saturated carbocycles. The fourth-order valence-electron chi connectivity index (χ4n) is 3.25. The first-order valence-electron chi connectivity index (χ1n) is 10.4.